The van der Waals surface area contributed by atoms with Gasteiger partial charge in [0.05, 0.1) is 11.3 Å². The topological polar surface area (TPSA) is 73.9 Å². The molecule has 27 heavy (non-hydrogen) atoms. The molecule has 1 aliphatic carbocycles. The highest BCUT2D eigenvalue weighted by molar-refractivity contribution is 5.91. The number of anilines is 1. The zero-order chi connectivity index (χ0) is 19.2. The Balaban J connectivity index is 1.58. The summed E-state index contributed by atoms with van der Waals surface area (Å²) in [5, 5.41) is 4.00. The summed E-state index contributed by atoms with van der Waals surface area (Å²) in [6, 6.07) is 0.182. The van der Waals surface area contributed by atoms with E-state index in [0.29, 0.717) is 29.0 Å². The molecular formula is C19H23F2N5O. The molecule has 1 unspecified atom stereocenters. The molecule has 1 saturated heterocycles. The minimum absolute atomic E-state index is 0.00992. The molecule has 4 rings (SSSR count). The first-order valence-corrected chi connectivity index (χ1v) is 9.30. The third kappa shape index (κ3) is 3.28. The van der Waals surface area contributed by atoms with Crippen molar-refractivity contribution in [3.05, 3.63) is 30.2 Å². The van der Waals surface area contributed by atoms with Gasteiger partial charge in [-0.05, 0) is 38.3 Å². The molecule has 3 atom stereocenters. The predicted molar refractivity (Wildman–Crippen MR) is 98.8 cm³/mol. The van der Waals surface area contributed by atoms with E-state index in [1.807, 2.05) is 18.7 Å². The number of H-pyrrole nitrogens is 1. The average molecular weight is 375 g/mol. The fraction of sp³-hybridized carbons (Fsp3) is 0.526. The highest BCUT2D eigenvalue weighted by atomic mass is 19.3. The van der Waals surface area contributed by atoms with Crippen LogP contribution in [0.1, 0.15) is 44.6 Å². The maximum atomic E-state index is 13.6. The molecule has 8 heteroatoms. The van der Waals surface area contributed by atoms with Gasteiger partial charge in [-0.2, -0.15) is 0 Å². The Morgan fingerprint density at radius 3 is 2.89 bits per heavy atom. The minimum Gasteiger partial charge on any atom is -0.365 e. The molecule has 1 saturated carbocycles. The lowest BCUT2D eigenvalue weighted by molar-refractivity contribution is -0.129. The number of carbonyl (C=O) groups excluding carboxylic acids is 1. The van der Waals surface area contributed by atoms with E-state index in [-0.39, 0.29) is 24.4 Å². The van der Waals surface area contributed by atoms with Crippen LogP contribution in [0.4, 0.5) is 14.6 Å². The van der Waals surface area contributed by atoms with Gasteiger partial charge in [0.1, 0.15) is 17.8 Å². The fourth-order valence-electron chi connectivity index (χ4n) is 3.89. The lowest BCUT2D eigenvalue weighted by Crippen LogP contribution is -2.49. The van der Waals surface area contributed by atoms with Crippen molar-refractivity contribution in [2.24, 2.45) is 0 Å². The first-order valence-electron chi connectivity index (χ1n) is 9.30. The first kappa shape index (κ1) is 17.9. The van der Waals surface area contributed by atoms with Crippen LogP contribution in [0.5, 0.6) is 0 Å². The van der Waals surface area contributed by atoms with Gasteiger partial charge >= 0.3 is 0 Å². The number of hydrogen-bond donors (Lipinski definition) is 2. The number of nitrogens with zero attached hydrogens (tertiary/aromatic N) is 3. The monoisotopic (exact) mass is 375 g/mol. The predicted octanol–water partition coefficient (Wildman–Crippen LogP) is 3.45. The van der Waals surface area contributed by atoms with Crippen molar-refractivity contribution in [2.45, 2.75) is 57.0 Å². The highest BCUT2D eigenvalue weighted by Crippen LogP contribution is 2.57. The summed E-state index contributed by atoms with van der Waals surface area (Å²) in [7, 11) is 0. The van der Waals surface area contributed by atoms with Crippen LogP contribution in [0, 0.1) is 0 Å². The molecule has 0 spiro atoms. The molecule has 0 aromatic carbocycles. The second kappa shape index (κ2) is 6.58. The van der Waals surface area contributed by atoms with Crippen molar-refractivity contribution in [1.82, 2.24) is 19.9 Å². The van der Waals surface area contributed by atoms with E-state index in [1.54, 1.807) is 18.3 Å². The van der Waals surface area contributed by atoms with E-state index >= 15 is 0 Å². The Morgan fingerprint density at radius 2 is 2.19 bits per heavy atom. The summed E-state index contributed by atoms with van der Waals surface area (Å²) >= 11 is 0. The van der Waals surface area contributed by atoms with Crippen LogP contribution < -0.4 is 5.32 Å². The van der Waals surface area contributed by atoms with Crippen LogP contribution in [-0.4, -0.2) is 50.3 Å². The SMILES string of the molecule is C/C=C/C(=O)N1C[C@H](Nc2ncnc3[nH]cc(C4CC4(F)F)c23)CC[C@@H]1C. The number of carbonyl (C=O) groups is 1. The lowest BCUT2D eigenvalue weighted by atomic mass is 9.99. The largest absolute Gasteiger partial charge is 0.365 e. The van der Waals surface area contributed by atoms with E-state index in [4.69, 9.17) is 0 Å². The van der Waals surface area contributed by atoms with Gasteiger partial charge in [-0.3, -0.25) is 4.79 Å². The van der Waals surface area contributed by atoms with Crippen molar-refractivity contribution in [3.8, 4) is 0 Å². The zero-order valence-electron chi connectivity index (χ0n) is 15.4. The highest BCUT2D eigenvalue weighted by Gasteiger charge is 2.58. The summed E-state index contributed by atoms with van der Waals surface area (Å²) in [4.78, 5) is 25.6. The van der Waals surface area contributed by atoms with Crippen LogP contribution in [0.2, 0.25) is 0 Å². The van der Waals surface area contributed by atoms with Gasteiger partial charge in [-0.1, -0.05) is 6.08 Å². The number of alkyl halides is 2. The zero-order valence-corrected chi connectivity index (χ0v) is 15.4. The Morgan fingerprint density at radius 1 is 1.41 bits per heavy atom. The maximum Gasteiger partial charge on any atom is 0.256 e. The number of likely N-dealkylation sites (tertiary alicyclic amines) is 1. The molecule has 2 N–H and O–H groups in total. The van der Waals surface area contributed by atoms with Crippen molar-refractivity contribution in [2.75, 3.05) is 11.9 Å². The molecule has 2 aromatic heterocycles. The number of halogens is 2. The molecule has 144 valence electrons. The second-order valence-electron chi connectivity index (χ2n) is 7.47. The third-order valence-electron chi connectivity index (χ3n) is 5.52. The smallest absolute Gasteiger partial charge is 0.256 e. The van der Waals surface area contributed by atoms with Gasteiger partial charge in [0.25, 0.3) is 5.92 Å². The summed E-state index contributed by atoms with van der Waals surface area (Å²) in [6.07, 6.45) is 7.95. The molecule has 1 amide bonds. The number of rotatable bonds is 4. The van der Waals surface area contributed by atoms with Crippen molar-refractivity contribution in [1.29, 1.82) is 0 Å². The lowest BCUT2D eigenvalue weighted by Gasteiger charge is -2.38. The molecule has 3 heterocycles. The van der Waals surface area contributed by atoms with Gasteiger partial charge in [-0.15, -0.1) is 0 Å². The Bertz CT molecular complexity index is 893. The van der Waals surface area contributed by atoms with E-state index in [0.717, 1.165) is 12.8 Å². The first-order chi connectivity index (χ1) is 12.9. The van der Waals surface area contributed by atoms with Gasteiger partial charge in [-0.25, -0.2) is 18.7 Å². The number of aromatic amines is 1. The summed E-state index contributed by atoms with van der Waals surface area (Å²) in [5.74, 6) is -2.89. The van der Waals surface area contributed by atoms with Gasteiger partial charge in [0, 0.05) is 31.2 Å². The van der Waals surface area contributed by atoms with E-state index in [2.05, 4.69) is 20.3 Å². The van der Waals surface area contributed by atoms with E-state index in [1.165, 1.54) is 6.33 Å². The second-order valence-corrected chi connectivity index (χ2v) is 7.47. The van der Waals surface area contributed by atoms with E-state index in [9.17, 15) is 13.6 Å². The summed E-state index contributed by atoms with van der Waals surface area (Å²) in [6.45, 7) is 4.41. The number of allylic oxidation sites excluding steroid dienone is 1. The van der Waals surface area contributed by atoms with Crippen molar-refractivity contribution < 1.29 is 13.6 Å². The van der Waals surface area contributed by atoms with Crippen LogP contribution in [0.25, 0.3) is 11.0 Å². The molecule has 6 nitrogen and oxygen atoms in total. The molecule has 0 bridgehead atoms. The fourth-order valence-corrected chi connectivity index (χ4v) is 3.89. The molecular weight excluding hydrogens is 352 g/mol. The molecule has 2 fully saturated rings. The average Bonchev–Trinajstić information content (AvgIpc) is 3.06. The number of fused-ring (bicyclic) bond motifs is 1. The Labute approximate surface area is 156 Å². The van der Waals surface area contributed by atoms with Crippen LogP contribution in [0.15, 0.2) is 24.7 Å². The molecule has 1 aliphatic heterocycles. The number of piperidine rings is 1. The van der Waals surface area contributed by atoms with Crippen molar-refractivity contribution >= 4 is 22.8 Å². The number of amides is 1. The number of hydrogen-bond acceptors (Lipinski definition) is 4. The standard InChI is InChI=1S/C19H23F2N5O/c1-3-4-15(27)26-9-12(6-5-11(26)2)25-18-16-13(14-7-19(14,20)21)8-22-17(16)23-10-24-18/h3-4,8,10-12,14H,5-7,9H2,1-2H3,(H2,22,23,24,25)/b4-3+/t11-,12+,14?/m0/s1. The quantitative estimate of drug-likeness (QED) is 0.803. The van der Waals surface area contributed by atoms with Crippen molar-refractivity contribution in [3.63, 3.8) is 0 Å². The van der Waals surface area contributed by atoms with Crippen LogP contribution >= 0.6 is 0 Å². The summed E-state index contributed by atoms with van der Waals surface area (Å²) in [5.41, 5.74) is 1.11. The van der Waals surface area contributed by atoms with Crippen LogP contribution in [0.3, 0.4) is 0 Å². The minimum atomic E-state index is -2.65. The molecule has 2 aliphatic rings. The van der Waals surface area contributed by atoms with Crippen LogP contribution in [-0.2, 0) is 4.79 Å². The van der Waals surface area contributed by atoms with Gasteiger partial charge in [0.2, 0.25) is 5.91 Å². The third-order valence-corrected chi connectivity index (χ3v) is 5.52. The normalized spacial score (nSPS) is 27.3. The maximum absolute atomic E-state index is 13.6. The van der Waals surface area contributed by atoms with Gasteiger partial charge in [0.15, 0.2) is 0 Å². The Kier molecular flexibility index (Phi) is 4.36. The number of nitrogens with one attached hydrogen (secondary N) is 2. The van der Waals surface area contributed by atoms with E-state index < -0.39 is 11.8 Å². The Hall–Kier alpha value is -2.51. The summed E-state index contributed by atoms with van der Waals surface area (Å²) < 4.78 is 27.2. The molecule has 0 radical (unpaired) electrons. The molecule has 2 aromatic rings. The number of aromatic nitrogens is 3. The van der Waals surface area contributed by atoms with Gasteiger partial charge < -0.3 is 15.2 Å².